The van der Waals surface area contributed by atoms with Crippen molar-refractivity contribution in [3.8, 4) is 17.0 Å². The second-order valence-electron chi connectivity index (χ2n) is 8.40. The van der Waals surface area contributed by atoms with Crippen LogP contribution in [0.1, 0.15) is 23.6 Å². The lowest BCUT2D eigenvalue weighted by atomic mass is 10.1. The second-order valence-corrected chi connectivity index (χ2v) is 9.25. The van der Waals surface area contributed by atoms with Gasteiger partial charge >= 0.3 is 0 Å². The fourth-order valence-corrected chi connectivity index (χ4v) is 3.93. The van der Waals surface area contributed by atoms with Gasteiger partial charge in [0.05, 0.1) is 16.4 Å². The molecular formula is C31H34BrN5O3. The van der Waals surface area contributed by atoms with Crippen molar-refractivity contribution in [3.63, 3.8) is 0 Å². The van der Waals surface area contributed by atoms with Crippen molar-refractivity contribution in [1.82, 2.24) is 14.6 Å². The van der Waals surface area contributed by atoms with E-state index in [-0.39, 0.29) is 5.75 Å². The maximum absolute atomic E-state index is 10.2. The van der Waals surface area contributed by atoms with Gasteiger partial charge in [-0.3, -0.25) is 0 Å². The largest absolute Gasteiger partial charge is 0.507 e. The smallest absolute Gasteiger partial charge is 0.172 e. The van der Waals surface area contributed by atoms with Gasteiger partial charge in [-0.15, -0.1) is 0 Å². The number of halogens is 1. The number of rotatable bonds is 5. The minimum Gasteiger partial charge on any atom is -0.507 e. The summed E-state index contributed by atoms with van der Waals surface area (Å²) in [5.41, 5.74) is 6.97. The lowest BCUT2D eigenvalue weighted by molar-refractivity contribution is -0.106. The van der Waals surface area contributed by atoms with Crippen LogP contribution < -0.4 is 10.6 Å². The Bertz CT molecular complexity index is 1500. The molecular weight excluding hydrogens is 570 g/mol. The van der Waals surface area contributed by atoms with E-state index in [1.807, 2.05) is 44.2 Å². The number of para-hydroxylation sites is 1. The topological polar surface area (TPSA) is 109 Å². The first-order valence-corrected chi connectivity index (χ1v) is 13.2. The van der Waals surface area contributed by atoms with Crippen molar-refractivity contribution in [2.75, 3.05) is 17.7 Å². The number of aldehydes is 1. The average Bonchev–Trinajstić information content (AvgIpc) is 3.36. The molecule has 3 aromatic carbocycles. The minimum atomic E-state index is 0.192. The first-order valence-electron chi connectivity index (χ1n) is 12.4. The first kappa shape index (κ1) is 31.7. The standard InChI is InChI=1S/C20H18BrN5O.C8H10.C2H4O.CH2O/c1-22-14-6-4-5-13(9-14)11-23-19-10-17(15-7-2-3-8-18(15)27)25-20-16(21)12-24-26(19)20;1-7-5-3-4-6-8(7)2;1-2-3;1-2/h2-10,12,22-23,27H,11H2,1H3;3-6H,1-2H3;2H,1H3;1H2. The third-order valence-corrected chi connectivity index (χ3v) is 6.28. The molecule has 9 heteroatoms. The molecule has 3 N–H and O–H groups in total. The van der Waals surface area contributed by atoms with Gasteiger partial charge in [-0.25, -0.2) is 4.98 Å². The normalized spacial score (nSPS) is 9.62. The van der Waals surface area contributed by atoms with Crippen LogP contribution in [0.2, 0.25) is 0 Å². The summed E-state index contributed by atoms with van der Waals surface area (Å²) in [4.78, 5) is 21.5. The molecule has 0 saturated heterocycles. The van der Waals surface area contributed by atoms with Crippen molar-refractivity contribution in [2.45, 2.75) is 27.3 Å². The lowest BCUT2D eigenvalue weighted by Gasteiger charge is -2.12. The molecule has 0 fully saturated rings. The number of nitrogens with one attached hydrogen (secondary N) is 2. The van der Waals surface area contributed by atoms with Crippen molar-refractivity contribution in [1.29, 1.82) is 0 Å². The number of carbonyl (C=O) groups is 2. The van der Waals surface area contributed by atoms with Crippen molar-refractivity contribution >= 4 is 46.2 Å². The number of phenolic OH excluding ortho intramolecular Hbond substituents is 1. The lowest BCUT2D eigenvalue weighted by Crippen LogP contribution is -2.07. The maximum atomic E-state index is 10.2. The fraction of sp³-hybridized carbons (Fsp3) is 0.161. The summed E-state index contributed by atoms with van der Waals surface area (Å²) < 4.78 is 2.54. The molecule has 0 radical (unpaired) electrons. The third-order valence-electron chi connectivity index (χ3n) is 5.72. The minimum absolute atomic E-state index is 0.192. The van der Waals surface area contributed by atoms with Gasteiger partial charge in [0.1, 0.15) is 24.6 Å². The summed E-state index contributed by atoms with van der Waals surface area (Å²) in [6.45, 7) is 8.32. The average molecular weight is 605 g/mol. The number of aromatic nitrogens is 3. The highest BCUT2D eigenvalue weighted by molar-refractivity contribution is 9.10. The van der Waals surface area contributed by atoms with E-state index in [0.717, 1.165) is 27.8 Å². The Balaban J connectivity index is 0.000000361. The van der Waals surface area contributed by atoms with Crippen molar-refractivity contribution in [3.05, 3.63) is 106 Å². The van der Waals surface area contributed by atoms with E-state index >= 15 is 0 Å². The molecule has 0 atom stereocenters. The van der Waals surface area contributed by atoms with Crippen LogP contribution >= 0.6 is 15.9 Å². The Labute approximate surface area is 243 Å². The molecule has 2 heterocycles. The van der Waals surface area contributed by atoms with E-state index in [2.05, 4.69) is 86.9 Å². The van der Waals surface area contributed by atoms with E-state index in [0.29, 0.717) is 23.4 Å². The van der Waals surface area contributed by atoms with Crippen LogP contribution in [0.15, 0.2) is 89.5 Å². The Hall–Kier alpha value is -4.50. The molecule has 8 nitrogen and oxygen atoms in total. The van der Waals surface area contributed by atoms with E-state index < -0.39 is 0 Å². The van der Waals surface area contributed by atoms with Crippen LogP contribution in [0.5, 0.6) is 5.75 Å². The maximum Gasteiger partial charge on any atom is 0.172 e. The zero-order chi connectivity index (χ0) is 29.5. The van der Waals surface area contributed by atoms with E-state index in [1.54, 1.807) is 22.8 Å². The molecule has 2 aromatic heterocycles. The summed E-state index contributed by atoms with van der Waals surface area (Å²) in [7, 11) is 1.90. The number of benzene rings is 3. The predicted molar refractivity (Wildman–Crippen MR) is 166 cm³/mol. The van der Waals surface area contributed by atoms with Crippen LogP contribution in [0.25, 0.3) is 16.9 Å². The number of fused-ring (bicyclic) bond motifs is 1. The second kappa shape index (κ2) is 16.5. The SMILES string of the molecule is C=O.CC=O.CNc1cccc(CNc2cc(-c3ccccc3O)nc3c(Br)cnn23)c1.Cc1ccccc1C. The summed E-state index contributed by atoms with van der Waals surface area (Å²) in [5, 5.41) is 21.2. The van der Waals surface area contributed by atoms with Crippen LogP contribution in [-0.4, -0.2) is 39.8 Å². The van der Waals surface area contributed by atoms with Gasteiger partial charge in [0, 0.05) is 30.9 Å². The van der Waals surface area contributed by atoms with Crippen LogP contribution in [0, 0.1) is 13.8 Å². The Morgan fingerprint density at radius 2 is 1.60 bits per heavy atom. The molecule has 5 rings (SSSR count). The van der Waals surface area contributed by atoms with Gasteiger partial charge in [-0.2, -0.15) is 9.61 Å². The molecule has 0 bridgehead atoms. The van der Waals surface area contributed by atoms with Crippen molar-refractivity contribution < 1.29 is 14.7 Å². The molecule has 0 aliphatic carbocycles. The Morgan fingerprint density at radius 1 is 0.975 bits per heavy atom. The van der Waals surface area contributed by atoms with Gasteiger partial charge in [0.15, 0.2) is 5.65 Å². The van der Waals surface area contributed by atoms with Crippen LogP contribution in [-0.2, 0) is 16.1 Å². The summed E-state index contributed by atoms with van der Waals surface area (Å²) >= 11 is 3.50. The van der Waals surface area contributed by atoms with Gasteiger partial charge in [0.25, 0.3) is 0 Å². The van der Waals surface area contributed by atoms with E-state index in [9.17, 15) is 5.11 Å². The number of anilines is 2. The van der Waals surface area contributed by atoms with Crippen LogP contribution in [0.4, 0.5) is 11.5 Å². The first-order chi connectivity index (χ1) is 19.4. The summed E-state index contributed by atoms with van der Waals surface area (Å²) in [6, 6.07) is 25.6. The van der Waals surface area contributed by atoms with E-state index in [4.69, 9.17) is 9.59 Å². The number of carbonyl (C=O) groups excluding carboxylic acids is 2. The number of hydrogen-bond acceptors (Lipinski definition) is 7. The molecule has 208 valence electrons. The molecule has 0 amide bonds. The highest BCUT2D eigenvalue weighted by Crippen LogP contribution is 2.31. The Kier molecular flexibility index (Phi) is 13.1. The van der Waals surface area contributed by atoms with Gasteiger partial charge in [-0.05, 0) is 77.7 Å². The number of aromatic hydroxyl groups is 1. The van der Waals surface area contributed by atoms with E-state index in [1.165, 1.54) is 18.1 Å². The molecule has 5 aromatic rings. The van der Waals surface area contributed by atoms with Gasteiger partial charge < -0.3 is 25.3 Å². The monoisotopic (exact) mass is 603 g/mol. The zero-order valence-corrected chi connectivity index (χ0v) is 24.6. The number of nitrogens with zero attached hydrogens (tertiary/aromatic N) is 3. The number of aryl methyl sites for hydroxylation is 2. The summed E-state index contributed by atoms with van der Waals surface area (Å²) in [5.74, 6) is 0.983. The third kappa shape index (κ3) is 8.78. The molecule has 0 unspecified atom stereocenters. The molecule has 0 aliphatic heterocycles. The quantitative estimate of drug-likeness (QED) is 0.189. The van der Waals surface area contributed by atoms with Crippen molar-refractivity contribution in [2.24, 2.45) is 0 Å². The Morgan fingerprint density at radius 3 is 2.20 bits per heavy atom. The molecule has 0 aliphatic rings. The predicted octanol–water partition coefficient (Wildman–Crippen LogP) is 6.84. The highest BCUT2D eigenvalue weighted by Gasteiger charge is 2.13. The zero-order valence-electron chi connectivity index (χ0n) is 23.1. The summed E-state index contributed by atoms with van der Waals surface area (Å²) in [6.07, 6.45) is 2.46. The van der Waals surface area contributed by atoms with Gasteiger partial charge in [-0.1, -0.05) is 48.5 Å². The molecule has 40 heavy (non-hydrogen) atoms. The van der Waals surface area contributed by atoms with Crippen LogP contribution in [0.3, 0.4) is 0 Å². The highest BCUT2D eigenvalue weighted by atomic mass is 79.9. The molecule has 0 spiro atoms. The fourth-order valence-electron chi connectivity index (χ4n) is 3.58. The molecule has 0 saturated carbocycles. The number of hydrogen-bond donors (Lipinski definition) is 3. The number of phenols is 1. The van der Waals surface area contributed by atoms with Gasteiger partial charge in [0.2, 0.25) is 0 Å².